The van der Waals surface area contributed by atoms with Crippen LogP contribution in [0.4, 0.5) is 0 Å². The zero-order valence-corrected chi connectivity index (χ0v) is 19.0. The topological polar surface area (TPSA) is 110 Å². The number of carboxylic acid groups (broad SMARTS) is 1. The molecule has 1 amide bonds. The van der Waals surface area contributed by atoms with Gasteiger partial charge in [0.05, 0.1) is 19.2 Å². The van der Waals surface area contributed by atoms with Gasteiger partial charge in [-0.2, -0.15) is 5.10 Å². The summed E-state index contributed by atoms with van der Waals surface area (Å²) in [7, 11) is 0. The smallest absolute Gasteiger partial charge is 0.305 e. The number of carbonyl (C=O) groups excluding carboxylic acids is 1. The number of thioether (sulfide) groups is 1. The Morgan fingerprint density at radius 1 is 1.23 bits per heavy atom. The summed E-state index contributed by atoms with van der Waals surface area (Å²) in [5, 5.41) is 18.9. The number of carboxylic acids is 1. The van der Waals surface area contributed by atoms with Crippen LogP contribution in [0.25, 0.3) is 0 Å². The maximum Gasteiger partial charge on any atom is 0.305 e. The van der Waals surface area contributed by atoms with Crippen molar-refractivity contribution in [2.45, 2.75) is 25.2 Å². The van der Waals surface area contributed by atoms with Crippen molar-refractivity contribution in [3.8, 4) is 11.5 Å². The van der Waals surface area contributed by atoms with Gasteiger partial charge in [-0.25, -0.2) is 0 Å². The first kappa shape index (κ1) is 22.8. The first-order chi connectivity index (χ1) is 14.9. The molecule has 0 aromatic heterocycles. The van der Waals surface area contributed by atoms with Crippen LogP contribution in [0.1, 0.15) is 24.5 Å². The van der Waals surface area contributed by atoms with Crippen molar-refractivity contribution < 1.29 is 24.2 Å². The highest BCUT2D eigenvalue weighted by Gasteiger charge is 2.32. The van der Waals surface area contributed by atoms with E-state index in [0.29, 0.717) is 24.7 Å². The number of amides is 1. The van der Waals surface area contributed by atoms with E-state index in [2.05, 4.69) is 31.4 Å². The fraction of sp³-hybridized carbons (Fsp3) is 0.238. The van der Waals surface area contributed by atoms with Gasteiger partial charge in [0.1, 0.15) is 11.9 Å². The van der Waals surface area contributed by atoms with Crippen molar-refractivity contribution >= 4 is 51.0 Å². The number of nitrogens with zero attached hydrogens (tertiary/aromatic N) is 2. The summed E-state index contributed by atoms with van der Waals surface area (Å²) in [4.78, 5) is 22.5. The summed E-state index contributed by atoms with van der Waals surface area (Å²) in [6, 6.07) is 13.3. The lowest BCUT2D eigenvalue weighted by atomic mass is 10.2. The highest BCUT2D eigenvalue weighted by Crippen LogP contribution is 2.29. The van der Waals surface area contributed by atoms with Gasteiger partial charge in [-0.15, -0.1) is 5.10 Å². The Morgan fingerprint density at radius 3 is 2.71 bits per heavy atom. The Balaban J connectivity index is 1.65. The van der Waals surface area contributed by atoms with Crippen LogP contribution in [0, 0.1) is 0 Å². The van der Waals surface area contributed by atoms with Crippen LogP contribution < -0.4 is 14.8 Å². The molecule has 1 heterocycles. The third-order valence-electron chi connectivity index (χ3n) is 4.07. The molecular weight excluding hydrogens is 486 g/mol. The third-order valence-corrected chi connectivity index (χ3v) is 5.67. The Kier molecular flexibility index (Phi) is 8.07. The van der Waals surface area contributed by atoms with E-state index >= 15 is 0 Å². The van der Waals surface area contributed by atoms with E-state index in [1.165, 1.54) is 6.21 Å². The van der Waals surface area contributed by atoms with Crippen molar-refractivity contribution in [3.63, 3.8) is 0 Å². The molecule has 2 N–H and O–H groups in total. The van der Waals surface area contributed by atoms with Crippen LogP contribution in [-0.2, 0) is 16.2 Å². The number of halogens is 1. The quantitative estimate of drug-likeness (QED) is 0.395. The molecule has 1 aliphatic heterocycles. The van der Waals surface area contributed by atoms with Gasteiger partial charge in [-0.05, 0) is 48.4 Å². The molecule has 31 heavy (non-hydrogen) atoms. The second-order valence-corrected chi connectivity index (χ2v) is 8.50. The molecule has 1 saturated heterocycles. The fourth-order valence-corrected chi connectivity index (χ4v) is 3.81. The number of amidine groups is 1. The lowest BCUT2D eigenvalue weighted by molar-refractivity contribution is -0.138. The highest BCUT2D eigenvalue weighted by atomic mass is 79.9. The van der Waals surface area contributed by atoms with Crippen LogP contribution in [0.3, 0.4) is 0 Å². The second-order valence-electron chi connectivity index (χ2n) is 6.40. The van der Waals surface area contributed by atoms with Crippen molar-refractivity contribution in [2.75, 3.05) is 6.61 Å². The molecule has 10 heteroatoms. The van der Waals surface area contributed by atoms with Gasteiger partial charge in [0.15, 0.2) is 16.7 Å². The summed E-state index contributed by atoms with van der Waals surface area (Å²) < 4.78 is 12.6. The minimum atomic E-state index is -1.04. The second kappa shape index (κ2) is 11.0. The lowest BCUT2D eigenvalue weighted by Gasteiger charge is -2.12. The Labute approximate surface area is 191 Å². The predicted molar refractivity (Wildman–Crippen MR) is 123 cm³/mol. The first-order valence-corrected chi connectivity index (χ1v) is 11.1. The summed E-state index contributed by atoms with van der Waals surface area (Å²) in [6.07, 6.45) is 1.25. The Hall–Kier alpha value is -2.85. The van der Waals surface area contributed by atoms with E-state index in [1.807, 2.05) is 37.3 Å². The molecule has 0 bridgehead atoms. The lowest BCUT2D eigenvalue weighted by Crippen LogP contribution is -2.26. The molecule has 0 saturated carbocycles. The third kappa shape index (κ3) is 6.83. The first-order valence-electron chi connectivity index (χ1n) is 9.39. The van der Waals surface area contributed by atoms with Crippen molar-refractivity contribution in [1.82, 2.24) is 5.32 Å². The minimum Gasteiger partial charge on any atom is -0.490 e. The maximum atomic E-state index is 11.7. The van der Waals surface area contributed by atoms with Gasteiger partial charge in [0, 0.05) is 4.47 Å². The van der Waals surface area contributed by atoms with Crippen molar-refractivity contribution in [3.05, 3.63) is 58.1 Å². The molecule has 1 aliphatic rings. The molecule has 1 atom stereocenters. The van der Waals surface area contributed by atoms with Crippen LogP contribution in [-0.4, -0.2) is 40.2 Å². The summed E-state index contributed by atoms with van der Waals surface area (Å²) in [5.41, 5.74) is 1.77. The Morgan fingerprint density at radius 2 is 2.00 bits per heavy atom. The molecule has 2 aromatic rings. The SMILES string of the molecule is CCOc1cc(C=NN=C2NC(=O)C(CC(=O)O)S2)ccc1OCc1ccc(Br)cc1. The number of rotatable bonds is 9. The number of benzene rings is 2. The zero-order chi connectivity index (χ0) is 22.2. The number of aliphatic carboxylic acids is 1. The average Bonchev–Trinajstić information content (AvgIpc) is 3.07. The Bertz CT molecular complexity index is 1010. The van der Waals surface area contributed by atoms with Crippen LogP contribution in [0.5, 0.6) is 11.5 Å². The highest BCUT2D eigenvalue weighted by molar-refractivity contribution is 9.10. The van der Waals surface area contributed by atoms with Gasteiger partial charge >= 0.3 is 5.97 Å². The van der Waals surface area contributed by atoms with Gasteiger partial charge in [-0.3, -0.25) is 9.59 Å². The average molecular weight is 506 g/mol. The number of hydrogen-bond acceptors (Lipinski definition) is 7. The molecule has 0 spiro atoms. The van der Waals surface area contributed by atoms with Gasteiger partial charge < -0.3 is 19.9 Å². The van der Waals surface area contributed by atoms with Crippen molar-refractivity contribution in [2.24, 2.45) is 10.2 Å². The molecule has 0 aliphatic carbocycles. The molecular formula is C21H20BrN3O5S. The monoisotopic (exact) mass is 505 g/mol. The van der Waals surface area contributed by atoms with E-state index in [-0.39, 0.29) is 17.5 Å². The normalized spacial score (nSPS) is 17.2. The van der Waals surface area contributed by atoms with E-state index in [1.54, 1.807) is 12.1 Å². The van der Waals surface area contributed by atoms with E-state index < -0.39 is 11.2 Å². The molecule has 3 rings (SSSR count). The molecule has 1 fully saturated rings. The summed E-state index contributed by atoms with van der Waals surface area (Å²) in [5.74, 6) is -0.222. The number of ether oxygens (including phenoxy) is 2. The molecule has 162 valence electrons. The predicted octanol–water partition coefficient (Wildman–Crippen LogP) is 3.82. The number of hydrogen-bond donors (Lipinski definition) is 2. The fourth-order valence-electron chi connectivity index (χ4n) is 2.63. The van der Waals surface area contributed by atoms with Crippen molar-refractivity contribution in [1.29, 1.82) is 0 Å². The van der Waals surface area contributed by atoms with Crippen LogP contribution in [0.15, 0.2) is 57.1 Å². The van der Waals surface area contributed by atoms with E-state index in [9.17, 15) is 9.59 Å². The maximum absolute atomic E-state index is 11.7. The standard InChI is InChI=1S/C21H20BrN3O5S/c1-2-29-17-9-14(5-8-16(17)30-12-13-3-6-15(22)7-4-13)11-23-25-21-24-20(28)18(31-21)10-19(26)27/h3-9,11,18H,2,10,12H2,1H3,(H,26,27)(H,24,25,28). The molecule has 2 aromatic carbocycles. The molecule has 8 nitrogen and oxygen atoms in total. The molecule has 0 radical (unpaired) electrons. The van der Waals surface area contributed by atoms with Gasteiger partial charge in [0.2, 0.25) is 5.91 Å². The van der Waals surface area contributed by atoms with E-state index in [4.69, 9.17) is 14.6 Å². The largest absolute Gasteiger partial charge is 0.490 e. The zero-order valence-electron chi connectivity index (χ0n) is 16.6. The van der Waals surface area contributed by atoms with Gasteiger partial charge in [-0.1, -0.05) is 39.8 Å². The summed E-state index contributed by atoms with van der Waals surface area (Å²) in [6.45, 7) is 2.77. The van der Waals surface area contributed by atoms with Crippen LogP contribution in [0.2, 0.25) is 0 Å². The minimum absolute atomic E-state index is 0.265. The van der Waals surface area contributed by atoms with Crippen LogP contribution >= 0.6 is 27.7 Å². The van der Waals surface area contributed by atoms with Gasteiger partial charge in [0.25, 0.3) is 0 Å². The number of nitrogens with one attached hydrogen (secondary N) is 1. The molecule has 1 unspecified atom stereocenters. The number of carbonyl (C=O) groups is 2. The van der Waals surface area contributed by atoms with E-state index in [0.717, 1.165) is 27.4 Å². The summed E-state index contributed by atoms with van der Waals surface area (Å²) >= 11 is 4.46.